The Bertz CT molecular complexity index is 1410. The van der Waals surface area contributed by atoms with Crippen LogP contribution >= 0.6 is 0 Å². The number of imide groups is 1. The summed E-state index contributed by atoms with van der Waals surface area (Å²) >= 11 is 0. The Hall–Kier alpha value is -2.96. The fourth-order valence-corrected chi connectivity index (χ4v) is 9.80. The van der Waals surface area contributed by atoms with Crippen LogP contribution in [-0.4, -0.2) is 46.2 Å². The highest BCUT2D eigenvalue weighted by atomic mass is 16.5. The van der Waals surface area contributed by atoms with Gasteiger partial charge in [0.2, 0.25) is 0 Å². The highest BCUT2D eigenvalue weighted by molar-refractivity contribution is 6.21. The van der Waals surface area contributed by atoms with Crippen molar-refractivity contribution in [3.63, 3.8) is 0 Å². The molecule has 42 heavy (non-hydrogen) atoms. The second kappa shape index (κ2) is 10.1. The van der Waals surface area contributed by atoms with Crippen LogP contribution in [0.1, 0.15) is 97.9 Å². The molecular weight excluding hydrogens is 526 g/mol. The number of nitrogens with zero attached hydrogens (tertiary/aromatic N) is 1. The highest BCUT2D eigenvalue weighted by Gasteiger charge is 2.60. The maximum Gasteiger partial charge on any atom is 0.261 e. The number of carbonyl (C=O) groups is 2. The lowest BCUT2D eigenvalue weighted by atomic mass is 9.46. The Morgan fingerprint density at radius 3 is 2.48 bits per heavy atom. The normalized spacial score (nSPS) is 37.0. The number of ether oxygens (including phenoxy) is 1. The first-order valence-electron chi connectivity index (χ1n) is 15.9. The molecule has 2 unspecified atom stereocenters. The fourth-order valence-electron chi connectivity index (χ4n) is 9.80. The fraction of sp³-hybridized carbons (Fsp3) is 0.556. The van der Waals surface area contributed by atoms with Gasteiger partial charge in [0.15, 0.2) is 0 Å². The number of rotatable bonds is 6. The predicted molar refractivity (Wildman–Crippen MR) is 160 cm³/mol. The first kappa shape index (κ1) is 27.8. The molecule has 7 atom stereocenters. The van der Waals surface area contributed by atoms with Crippen LogP contribution in [0.4, 0.5) is 0 Å². The minimum absolute atomic E-state index is 0.0476. The van der Waals surface area contributed by atoms with Gasteiger partial charge in [-0.1, -0.05) is 49.8 Å². The highest BCUT2D eigenvalue weighted by Crippen LogP contribution is 2.66. The molecule has 2 aromatic rings. The van der Waals surface area contributed by atoms with Crippen LogP contribution in [0.25, 0.3) is 0 Å². The van der Waals surface area contributed by atoms with Crippen LogP contribution in [0.3, 0.4) is 0 Å². The van der Waals surface area contributed by atoms with Gasteiger partial charge in [0, 0.05) is 6.54 Å². The maximum absolute atomic E-state index is 12.6. The van der Waals surface area contributed by atoms with Gasteiger partial charge in [-0.25, -0.2) is 0 Å². The molecule has 1 heterocycles. The minimum Gasteiger partial charge on any atom is -0.494 e. The van der Waals surface area contributed by atoms with Crippen molar-refractivity contribution in [2.45, 2.75) is 83.3 Å². The van der Waals surface area contributed by atoms with Crippen molar-refractivity contribution >= 4 is 11.8 Å². The average molecular weight is 570 g/mol. The van der Waals surface area contributed by atoms with Crippen molar-refractivity contribution in [2.24, 2.45) is 28.6 Å². The number of benzene rings is 2. The molecule has 222 valence electrons. The molecule has 0 saturated heterocycles. The molecule has 0 bridgehead atoms. The van der Waals surface area contributed by atoms with E-state index < -0.39 is 5.60 Å². The molecule has 4 aliphatic carbocycles. The molecule has 7 rings (SSSR count). The Balaban J connectivity index is 1.02. The van der Waals surface area contributed by atoms with Gasteiger partial charge >= 0.3 is 0 Å². The van der Waals surface area contributed by atoms with E-state index in [9.17, 15) is 19.8 Å². The third kappa shape index (κ3) is 4.20. The third-order valence-electron chi connectivity index (χ3n) is 12.1. The van der Waals surface area contributed by atoms with Gasteiger partial charge in [-0.2, -0.15) is 0 Å². The van der Waals surface area contributed by atoms with E-state index in [1.54, 1.807) is 24.3 Å². The molecule has 1 aliphatic heterocycles. The molecule has 3 fully saturated rings. The summed E-state index contributed by atoms with van der Waals surface area (Å²) in [5.74, 6) is 1.94. The average Bonchev–Trinajstić information content (AvgIpc) is 3.42. The number of aliphatic hydroxyl groups excluding tert-OH is 1. The number of allylic oxidation sites excluding steroid dienone is 1. The van der Waals surface area contributed by atoms with E-state index in [0.29, 0.717) is 67.0 Å². The Morgan fingerprint density at radius 1 is 0.952 bits per heavy atom. The number of hydrogen-bond acceptors (Lipinski definition) is 5. The molecule has 0 spiro atoms. The largest absolute Gasteiger partial charge is 0.494 e. The molecule has 2 aromatic carbocycles. The van der Waals surface area contributed by atoms with E-state index in [2.05, 4.69) is 19.9 Å². The summed E-state index contributed by atoms with van der Waals surface area (Å²) in [7, 11) is 0. The molecule has 3 saturated carbocycles. The van der Waals surface area contributed by atoms with Crippen LogP contribution in [0, 0.1) is 28.6 Å². The minimum atomic E-state index is -0.963. The zero-order chi connectivity index (χ0) is 29.3. The van der Waals surface area contributed by atoms with E-state index in [-0.39, 0.29) is 28.7 Å². The first-order valence-corrected chi connectivity index (χ1v) is 15.9. The van der Waals surface area contributed by atoms with Crippen LogP contribution in [0.15, 0.2) is 60.2 Å². The van der Waals surface area contributed by atoms with Crippen molar-refractivity contribution < 1.29 is 24.5 Å². The van der Waals surface area contributed by atoms with Crippen LogP contribution in [0.2, 0.25) is 0 Å². The molecular formula is C36H43NO5. The molecule has 0 radical (unpaired) electrons. The lowest BCUT2D eigenvalue weighted by Gasteiger charge is -2.59. The smallest absolute Gasteiger partial charge is 0.261 e. The summed E-state index contributed by atoms with van der Waals surface area (Å²) < 4.78 is 6.08. The molecule has 0 aromatic heterocycles. The van der Waals surface area contributed by atoms with Crippen LogP contribution in [-0.2, 0) is 5.60 Å². The lowest BCUT2D eigenvalue weighted by Crippen LogP contribution is -2.53. The topological polar surface area (TPSA) is 87.1 Å². The standard InChI is InChI=1S/C36H43NO5/c1-34-17-16-30-28(29(34)13-14-31(34)38)12-11-23-15-18-36(41,22-35(23,30)2)24-7-5-8-25(21-24)42-20-6-19-37-32(39)26-9-3-4-10-27(26)33(37)40/h3-5,7-10,15,21,28-31,38,41H,6,11-14,16-20,22H2,1-2H3/t28-,29-,30+,31?,34-,35-,36?/m0/s1. The molecule has 6 nitrogen and oxygen atoms in total. The van der Waals surface area contributed by atoms with E-state index in [4.69, 9.17) is 4.74 Å². The van der Waals surface area contributed by atoms with Gasteiger partial charge in [-0.3, -0.25) is 14.5 Å². The zero-order valence-electron chi connectivity index (χ0n) is 24.9. The second-order valence-electron chi connectivity index (χ2n) is 14.1. The summed E-state index contributed by atoms with van der Waals surface area (Å²) in [6.07, 6.45) is 10.6. The van der Waals surface area contributed by atoms with E-state index in [0.717, 1.165) is 37.7 Å². The molecule has 6 heteroatoms. The van der Waals surface area contributed by atoms with E-state index in [1.807, 2.05) is 24.3 Å². The van der Waals surface area contributed by atoms with E-state index >= 15 is 0 Å². The zero-order valence-corrected chi connectivity index (χ0v) is 24.9. The number of carbonyl (C=O) groups excluding carboxylic acids is 2. The third-order valence-corrected chi connectivity index (χ3v) is 12.1. The van der Waals surface area contributed by atoms with Gasteiger partial charge in [-0.15, -0.1) is 0 Å². The van der Waals surface area contributed by atoms with Crippen molar-refractivity contribution in [3.05, 3.63) is 76.9 Å². The quantitative estimate of drug-likeness (QED) is 0.244. The number of fused-ring (bicyclic) bond motifs is 6. The van der Waals surface area contributed by atoms with Gasteiger partial charge in [0.1, 0.15) is 5.75 Å². The lowest BCUT2D eigenvalue weighted by molar-refractivity contribution is -0.101. The van der Waals surface area contributed by atoms with Crippen molar-refractivity contribution in [1.82, 2.24) is 4.90 Å². The Morgan fingerprint density at radius 2 is 1.71 bits per heavy atom. The monoisotopic (exact) mass is 569 g/mol. The van der Waals surface area contributed by atoms with Gasteiger partial charge in [-0.05, 0) is 116 Å². The van der Waals surface area contributed by atoms with Crippen LogP contribution < -0.4 is 4.74 Å². The summed E-state index contributed by atoms with van der Waals surface area (Å²) in [6, 6.07) is 14.8. The molecule has 5 aliphatic rings. The number of amides is 2. The molecule has 2 amide bonds. The molecule has 2 N–H and O–H groups in total. The summed E-state index contributed by atoms with van der Waals surface area (Å²) in [5.41, 5.74) is 2.38. The Kier molecular flexibility index (Phi) is 6.67. The number of hydrogen-bond donors (Lipinski definition) is 2. The summed E-state index contributed by atoms with van der Waals surface area (Å²) in [5, 5.41) is 23.0. The maximum atomic E-state index is 12.6. The Labute approximate surface area is 248 Å². The van der Waals surface area contributed by atoms with Gasteiger partial charge in [0.25, 0.3) is 11.8 Å². The number of aliphatic hydroxyl groups is 2. The van der Waals surface area contributed by atoms with Gasteiger partial charge in [0.05, 0.1) is 29.4 Å². The van der Waals surface area contributed by atoms with Crippen molar-refractivity contribution in [2.75, 3.05) is 13.2 Å². The van der Waals surface area contributed by atoms with Crippen LogP contribution in [0.5, 0.6) is 5.75 Å². The van der Waals surface area contributed by atoms with Crippen molar-refractivity contribution in [1.29, 1.82) is 0 Å². The van der Waals surface area contributed by atoms with E-state index in [1.165, 1.54) is 16.9 Å². The van der Waals surface area contributed by atoms with Crippen molar-refractivity contribution in [3.8, 4) is 5.75 Å². The summed E-state index contributed by atoms with van der Waals surface area (Å²) in [6.45, 7) is 5.39. The first-order chi connectivity index (χ1) is 20.1. The predicted octanol–water partition coefficient (Wildman–Crippen LogP) is 6.26. The van der Waals surface area contributed by atoms with Gasteiger partial charge < -0.3 is 14.9 Å². The SMILES string of the molecule is C[C@]12CC(O)(c3cccc(OCCCN4C(=O)c5ccccc5C4=O)c3)CC=C1CC[C@@H]1[C@H]2CC[C@]2(C)C(O)CC[C@@H]12. The second-order valence-corrected chi connectivity index (χ2v) is 14.1. The summed E-state index contributed by atoms with van der Waals surface area (Å²) in [4.78, 5) is 26.6.